The molecule has 0 aliphatic rings. The monoisotopic (exact) mass is 1030 g/mol. The lowest BCUT2D eigenvalue weighted by atomic mass is 10.1. The molecular weight excluding hydrogens is 925 g/mol. The van der Waals surface area contributed by atoms with E-state index in [9.17, 15) is 14.4 Å². The first-order valence-electron chi connectivity index (χ1n) is 30.3. The van der Waals surface area contributed by atoms with Crippen LogP contribution in [0.15, 0.2) is 146 Å². The van der Waals surface area contributed by atoms with Gasteiger partial charge in [-0.3, -0.25) is 14.4 Å². The Morgan fingerprint density at radius 3 is 0.880 bits per heavy atom. The molecular formula is C69H110O6. The van der Waals surface area contributed by atoms with Crippen LogP contribution in [0.25, 0.3) is 0 Å². The van der Waals surface area contributed by atoms with Gasteiger partial charge >= 0.3 is 17.9 Å². The Hall–Kier alpha value is -4.71. The molecule has 6 heteroatoms. The molecule has 0 aromatic heterocycles. The van der Waals surface area contributed by atoms with Gasteiger partial charge in [0, 0.05) is 19.3 Å². The highest BCUT2D eigenvalue weighted by Crippen LogP contribution is 2.14. The van der Waals surface area contributed by atoms with Gasteiger partial charge in [0.25, 0.3) is 0 Å². The quantitative estimate of drug-likeness (QED) is 0.0261. The third kappa shape index (κ3) is 60.0. The summed E-state index contributed by atoms with van der Waals surface area (Å²) in [5, 5.41) is 0. The van der Waals surface area contributed by atoms with E-state index in [4.69, 9.17) is 14.2 Å². The first-order chi connectivity index (χ1) is 37.0. The van der Waals surface area contributed by atoms with E-state index in [1.165, 1.54) is 89.9 Å². The van der Waals surface area contributed by atoms with Crippen molar-refractivity contribution in [1.82, 2.24) is 0 Å². The molecule has 0 spiro atoms. The molecule has 0 aromatic rings. The topological polar surface area (TPSA) is 78.9 Å². The van der Waals surface area contributed by atoms with Gasteiger partial charge in [0.15, 0.2) is 6.10 Å². The molecule has 0 rings (SSSR count). The summed E-state index contributed by atoms with van der Waals surface area (Å²) in [5.74, 6) is -1.03. The van der Waals surface area contributed by atoms with Gasteiger partial charge in [-0.25, -0.2) is 0 Å². The second-order valence-corrected chi connectivity index (χ2v) is 19.5. The molecule has 0 saturated heterocycles. The predicted molar refractivity (Wildman–Crippen MR) is 325 cm³/mol. The Balaban J connectivity index is 4.47. The number of unbranched alkanes of at least 4 members (excludes halogenated alkanes) is 18. The average molecular weight is 1040 g/mol. The summed E-state index contributed by atoms with van der Waals surface area (Å²) in [6, 6.07) is 0. The molecule has 0 heterocycles. The Bertz CT molecular complexity index is 1660. The van der Waals surface area contributed by atoms with Gasteiger partial charge < -0.3 is 14.2 Å². The molecule has 422 valence electrons. The lowest BCUT2D eigenvalue weighted by Gasteiger charge is -2.18. The highest BCUT2D eigenvalue weighted by atomic mass is 16.6. The first-order valence-corrected chi connectivity index (χ1v) is 30.3. The Kier molecular flexibility index (Phi) is 58.0. The van der Waals surface area contributed by atoms with E-state index in [0.29, 0.717) is 19.3 Å². The van der Waals surface area contributed by atoms with Crippen LogP contribution >= 0.6 is 0 Å². The smallest absolute Gasteiger partial charge is 0.306 e. The minimum atomic E-state index is -0.834. The fraction of sp³-hybridized carbons (Fsp3) is 0.609. The Morgan fingerprint density at radius 1 is 0.280 bits per heavy atom. The second kappa shape index (κ2) is 61.8. The van der Waals surface area contributed by atoms with Gasteiger partial charge in [-0.2, -0.15) is 0 Å². The molecule has 0 N–H and O–H groups in total. The summed E-state index contributed by atoms with van der Waals surface area (Å²) in [4.78, 5) is 38.2. The number of ether oxygens (including phenoxy) is 3. The third-order valence-electron chi connectivity index (χ3n) is 12.3. The SMILES string of the molecule is CC/C=C\C/C=C\C/C=C\C/C=C\C/C=C\CCCC(=O)OC(COC(=O)CCCC/C=C\C/C=C\C/C=C\C/C=C\CC)COC(=O)CCCCCCCCCCCC/C=C\C/C=C\C/C=C\CCCCCCC. The summed E-state index contributed by atoms with van der Waals surface area (Å²) >= 11 is 0. The van der Waals surface area contributed by atoms with Crippen molar-refractivity contribution in [3.05, 3.63) is 146 Å². The number of hydrogen-bond donors (Lipinski definition) is 0. The van der Waals surface area contributed by atoms with Gasteiger partial charge in [-0.15, -0.1) is 0 Å². The van der Waals surface area contributed by atoms with Crippen LogP contribution in [-0.4, -0.2) is 37.2 Å². The van der Waals surface area contributed by atoms with Crippen LogP contribution in [0.2, 0.25) is 0 Å². The summed E-state index contributed by atoms with van der Waals surface area (Å²) < 4.78 is 16.8. The zero-order chi connectivity index (χ0) is 54.3. The largest absolute Gasteiger partial charge is 0.462 e. The van der Waals surface area contributed by atoms with Crippen LogP contribution in [0.4, 0.5) is 0 Å². The molecule has 0 aliphatic heterocycles. The molecule has 0 radical (unpaired) electrons. The van der Waals surface area contributed by atoms with Crippen molar-refractivity contribution in [1.29, 1.82) is 0 Å². The zero-order valence-electron chi connectivity index (χ0n) is 48.3. The Labute approximate surface area is 461 Å². The minimum absolute atomic E-state index is 0.121. The highest BCUT2D eigenvalue weighted by Gasteiger charge is 2.19. The second-order valence-electron chi connectivity index (χ2n) is 19.5. The number of allylic oxidation sites excluding steroid dienone is 24. The van der Waals surface area contributed by atoms with Crippen molar-refractivity contribution in [3.63, 3.8) is 0 Å². The summed E-state index contributed by atoms with van der Waals surface area (Å²) in [6.45, 7) is 6.31. The van der Waals surface area contributed by atoms with Crippen molar-refractivity contribution in [2.24, 2.45) is 0 Å². The molecule has 0 amide bonds. The van der Waals surface area contributed by atoms with E-state index in [-0.39, 0.29) is 44.0 Å². The molecule has 0 saturated carbocycles. The highest BCUT2D eigenvalue weighted by molar-refractivity contribution is 5.71. The molecule has 0 fully saturated rings. The number of esters is 3. The van der Waals surface area contributed by atoms with Crippen molar-refractivity contribution in [2.75, 3.05) is 13.2 Å². The lowest BCUT2D eigenvalue weighted by molar-refractivity contribution is -0.167. The van der Waals surface area contributed by atoms with Crippen LogP contribution in [0.5, 0.6) is 0 Å². The minimum Gasteiger partial charge on any atom is -0.462 e. The van der Waals surface area contributed by atoms with Crippen LogP contribution in [0, 0.1) is 0 Å². The first kappa shape index (κ1) is 70.3. The van der Waals surface area contributed by atoms with E-state index in [1.54, 1.807) is 0 Å². The maximum atomic E-state index is 12.9. The van der Waals surface area contributed by atoms with Crippen molar-refractivity contribution < 1.29 is 28.6 Å². The van der Waals surface area contributed by atoms with Crippen LogP contribution in [0.1, 0.15) is 252 Å². The van der Waals surface area contributed by atoms with Crippen LogP contribution in [-0.2, 0) is 28.6 Å². The number of carbonyl (C=O) groups is 3. The Morgan fingerprint density at radius 2 is 0.533 bits per heavy atom. The van der Waals surface area contributed by atoms with Gasteiger partial charge in [-0.1, -0.05) is 244 Å². The van der Waals surface area contributed by atoms with Crippen LogP contribution < -0.4 is 0 Å². The molecule has 0 aromatic carbocycles. The van der Waals surface area contributed by atoms with Crippen molar-refractivity contribution >= 4 is 17.9 Å². The van der Waals surface area contributed by atoms with Gasteiger partial charge in [0.1, 0.15) is 13.2 Å². The fourth-order valence-corrected chi connectivity index (χ4v) is 7.83. The third-order valence-corrected chi connectivity index (χ3v) is 12.3. The molecule has 0 bridgehead atoms. The van der Waals surface area contributed by atoms with Crippen LogP contribution in [0.3, 0.4) is 0 Å². The molecule has 0 aliphatic carbocycles. The fourth-order valence-electron chi connectivity index (χ4n) is 7.83. The number of rotatable bonds is 53. The normalized spacial score (nSPS) is 13.2. The number of carbonyl (C=O) groups excluding carboxylic acids is 3. The van der Waals surface area contributed by atoms with Gasteiger partial charge in [0.2, 0.25) is 0 Å². The molecule has 1 unspecified atom stereocenters. The lowest BCUT2D eigenvalue weighted by Crippen LogP contribution is -2.30. The number of hydrogen-bond acceptors (Lipinski definition) is 6. The van der Waals surface area contributed by atoms with Crippen molar-refractivity contribution in [3.8, 4) is 0 Å². The standard InChI is InChI=1S/C69H110O6/c1-4-7-10-13-16-19-22-25-28-30-31-32-33-34-35-36-37-39-41-44-47-50-53-56-59-62-68(71)74-65-66(64-73-67(70)61-58-55-52-49-46-43-40-27-24-21-18-15-12-9-6-3)75-69(72)63-60-57-54-51-48-45-42-38-29-26-23-20-17-14-11-8-5-2/h8-9,11-12,17-18,20-22,25-27,29-31,33-34,40,42,45-46,49,51,54,66H,4-7,10,13-16,19,23-24,28,32,35-39,41,43-44,47-48,50,52-53,55-65H2,1-3H3/b11-8-,12-9-,20-17-,21-18-,25-22-,29-26-,31-30-,34-33-,40-27-,45-42-,49-46-,54-51-. The van der Waals surface area contributed by atoms with Gasteiger partial charge in [-0.05, 0) is 135 Å². The average Bonchev–Trinajstić information content (AvgIpc) is 3.41. The summed E-state index contributed by atoms with van der Waals surface area (Å²) in [7, 11) is 0. The van der Waals surface area contributed by atoms with Crippen molar-refractivity contribution in [2.45, 2.75) is 258 Å². The maximum Gasteiger partial charge on any atom is 0.306 e. The summed E-state index contributed by atoms with van der Waals surface area (Å²) in [6.07, 6.45) is 88.6. The van der Waals surface area contributed by atoms with E-state index in [0.717, 1.165) is 109 Å². The molecule has 75 heavy (non-hydrogen) atoms. The molecule has 1 atom stereocenters. The van der Waals surface area contributed by atoms with E-state index < -0.39 is 6.10 Å². The van der Waals surface area contributed by atoms with E-state index in [2.05, 4.69) is 167 Å². The molecule has 6 nitrogen and oxygen atoms in total. The van der Waals surface area contributed by atoms with E-state index >= 15 is 0 Å². The van der Waals surface area contributed by atoms with Gasteiger partial charge in [0.05, 0.1) is 0 Å². The maximum absolute atomic E-state index is 12.9. The van der Waals surface area contributed by atoms with E-state index in [1.807, 2.05) is 0 Å². The zero-order valence-corrected chi connectivity index (χ0v) is 48.3. The predicted octanol–water partition coefficient (Wildman–Crippen LogP) is 20.8. The summed E-state index contributed by atoms with van der Waals surface area (Å²) in [5.41, 5.74) is 0.